The molecule has 0 radical (unpaired) electrons. The highest BCUT2D eigenvalue weighted by Gasteiger charge is 2.29. The predicted octanol–water partition coefficient (Wildman–Crippen LogP) is 0.496. The van der Waals surface area contributed by atoms with Crippen molar-refractivity contribution >= 4 is 29.1 Å². The normalized spacial score (nSPS) is 15.3. The zero-order chi connectivity index (χ0) is 14.0. The lowest BCUT2D eigenvalue weighted by molar-refractivity contribution is -0.126. The number of carbonyl (C=O) groups excluding carboxylic acids is 3. The van der Waals surface area contributed by atoms with Crippen LogP contribution in [0.5, 0.6) is 0 Å². The summed E-state index contributed by atoms with van der Waals surface area (Å²) < 4.78 is 0. The average molecular weight is 261 g/mol. The van der Waals surface area contributed by atoms with E-state index in [9.17, 15) is 14.4 Å². The Morgan fingerprint density at radius 3 is 2.74 bits per heavy atom. The van der Waals surface area contributed by atoms with Crippen molar-refractivity contribution in [2.45, 2.75) is 19.9 Å². The monoisotopic (exact) mass is 261 g/mol. The van der Waals surface area contributed by atoms with Crippen molar-refractivity contribution in [2.24, 2.45) is 0 Å². The number of benzene rings is 1. The second-order valence-corrected chi connectivity index (χ2v) is 4.41. The second kappa shape index (κ2) is 5.09. The van der Waals surface area contributed by atoms with E-state index < -0.39 is 6.04 Å². The van der Waals surface area contributed by atoms with E-state index in [0.717, 1.165) is 0 Å². The molecule has 1 unspecified atom stereocenters. The molecule has 0 fully saturated rings. The largest absolute Gasteiger partial charge is 0.345 e. The average Bonchev–Trinajstić information content (AvgIpc) is 2.36. The first kappa shape index (κ1) is 13.1. The minimum Gasteiger partial charge on any atom is -0.345 e. The molecule has 0 bridgehead atoms. The molecule has 1 aliphatic heterocycles. The molecule has 6 nitrogen and oxygen atoms in total. The number of anilines is 2. The molecule has 2 N–H and O–H groups in total. The van der Waals surface area contributed by atoms with Crippen LogP contribution in [0.3, 0.4) is 0 Å². The molecule has 100 valence electrons. The fourth-order valence-electron chi connectivity index (χ4n) is 2.03. The van der Waals surface area contributed by atoms with Gasteiger partial charge in [0.25, 0.3) is 0 Å². The van der Waals surface area contributed by atoms with Gasteiger partial charge in [0.05, 0.1) is 11.4 Å². The number of hydrogen-bond donors (Lipinski definition) is 2. The van der Waals surface area contributed by atoms with E-state index in [2.05, 4.69) is 10.6 Å². The maximum absolute atomic E-state index is 12.3. The summed E-state index contributed by atoms with van der Waals surface area (Å²) in [6.45, 7) is 2.90. The summed E-state index contributed by atoms with van der Waals surface area (Å²) in [7, 11) is 0. The van der Waals surface area contributed by atoms with Crippen molar-refractivity contribution < 1.29 is 14.4 Å². The molecular formula is C13H15N3O3. The van der Waals surface area contributed by atoms with Crippen molar-refractivity contribution in [2.75, 3.05) is 16.8 Å². The number of hydrogen-bond acceptors (Lipinski definition) is 3. The van der Waals surface area contributed by atoms with Crippen LogP contribution < -0.4 is 15.5 Å². The van der Waals surface area contributed by atoms with E-state index >= 15 is 0 Å². The Kier molecular flexibility index (Phi) is 3.50. The number of carbonyl (C=O) groups is 3. The van der Waals surface area contributed by atoms with E-state index in [-0.39, 0.29) is 24.3 Å². The third-order valence-corrected chi connectivity index (χ3v) is 2.83. The lowest BCUT2D eigenvalue weighted by Crippen LogP contribution is -2.50. The maximum Gasteiger partial charge on any atom is 0.249 e. The predicted molar refractivity (Wildman–Crippen MR) is 70.7 cm³/mol. The number of nitrogens with one attached hydrogen (secondary N) is 2. The lowest BCUT2D eigenvalue weighted by Gasteiger charge is -2.31. The van der Waals surface area contributed by atoms with E-state index in [0.29, 0.717) is 11.4 Å². The molecule has 0 spiro atoms. The highest BCUT2D eigenvalue weighted by Crippen LogP contribution is 2.29. The Bertz CT molecular complexity index is 542. The number of para-hydroxylation sites is 2. The Morgan fingerprint density at radius 2 is 2.05 bits per heavy atom. The highest BCUT2D eigenvalue weighted by atomic mass is 16.2. The molecule has 19 heavy (non-hydrogen) atoms. The minimum absolute atomic E-state index is 0.0419. The first-order chi connectivity index (χ1) is 8.99. The smallest absolute Gasteiger partial charge is 0.249 e. The van der Waals surface area contributed by atoms with Crippen molar-refractivity contribution in [1.29, 1.82) is 0 Å². The molecule has 1 atom stereocenters. The topological polar surface area (TPSA) is 78.5 Å². The zero-order valence-electron chi connectivity index (χ0n) is 10.8. The van der Waals surface area contributed by atoms with E-state index in [1.165, 1.54) is 11.8 Å². The van der Waals surface area contributed by atoms with Crippen LogP contribution in [0.15, 0.2) is 24.3 Å². The molecule has 0 saturated heterocycles. The maximum atomic E-state index is 12.3. The van der Waals surface area contributed by atoms with Crippen LogP contribution in [0.25, 0.3) is 0 Å². The fraction of sp³-hybridized carbons (Fsp3) is 0.308. The van der Waals surface area contributed by atoms with Gasteiger partial charge in [-0.05, 0) is 19.1 Å². The van der Waals surface area contributed by atoms with E-state index in [4.69, 9.17) is 0 Å². The highest BCUT2D eigenvalue weighted by molar-refractivity contribution is 6.11. The zero-order valence-corrected chi connectivity index (χ0v) is 10.8. The van der Waals surface area contributed by atoms with Gasteiger partial charge >= 0.3 is 0 Å². The number of amides is 3. The molecule has 3 amide bonds. The van der Waals surface area contributed by atoms with Crippen LogP contribution in [0.1, 0.15) is 13.8 Å². The summed E-state index contributed by atoms with van der Waals surface area (Å²) in [6.07, 6.45) is 0. The first-order valence-corrected chi connectivity index (χ1v) is 5.96. The Morgan fingerprint density at radius 1 is 1.37 bits per heavy atom. The van der Waals surface area contributed by atoms with Crippen molar-refractivity contribution in [1.82, 2.24) is 5.32 Å². The molecule has 2 rings (SSSR count). The molecule has 1 aliphatic rings. The van der Waals surface area contributed by atoms with Crippen LogP contribution in [-0.2, 0) is 14.4 Å². The second-order valence-electron chi connectivity index (χ2n) is 4.41. The standard InChI is InChI=1S/C13H15N3O3/c1-8(14-9(2)17)13(19)16-7-12(18)15-10-5-3-4-6-11(10)16/h3-6,8H,7H2,1-2H3,(H,14,17)(H,15,18). The third-order valence-electron chi connectivity index (χ3n) is 2.83. The molecule has 1 aromatic rings. The SMILES string of the molecule is CC(=O)NC(C)C(=O)N1CC(=O)Nc2ccccc21. The van der Waals surface area contributed by atoms with Gasteiger partial charge in [0.15, 0.2) is 0 Å². The summed E-state index contributed by atoms with van der Waals surface area (Å²) in [6, 6.07) is 6.39. The lowest BCUT2D eigenvalue weighted by atomic mass is 10.1. The number of rotatable bonds is 2. The summed E-state index contributed by atoms with van der Waals surface area (Å²) in [4.78, 5) is 36.2. The Hall–Kier alpha value is -2.37. The molecule has 1 aromatic carbocycles. The van der Waals surface area contributed by atoms with Gasteiger partial charge in [-0.2, -0.15) is 0 Å². The van der Waals surface area contributed by atoms with Crippen LogP contribution in [0.4, 0.5) is 11.4 Å². The molecule has 6 heteroatoms. The molecule has 1 heterocycles. The molecule has 0 saturated carbocycles. The Balaban J connectivity index is 2.27. The first-order valence-electron chi connectivity index (χ1n) is 5.96. The molecule has 0 aliphatic carbocycles. The quantitative estimate of drug-likeness (QED) is 0.813. The molecular weight excluding hydrogens is 246 g/mol. The van der Waals surface area contributed by atoms with Crippen LogP contribution in [-0.4, -0.2) is 30.3 Å². The fourth-order valence-corrected chi connectivity index (χ4v) is 2.03. The van der Waals surface area contributed by atoms with Gasteiger partial charge in [-0.3, -0.25) is 19.3 Å². The van der Waals surface area contributed by atoms with Crippen molar-refractivity contribution in [3.05, 3.63) is 24.3 Å². The number of fused-ring (bicyclic) bond motifs is 1. The van der Waals surface area contributed by atoms with Gasteiger partial charge in [-0.1, -0.05) is 12.1 Å². The van der Waals surface area contributed by atoms with Gasteiger partial charge < -0.3 is 10.6 Å². The Labute approximate surface area is 110 Å². The summed E-state index contributed by atoms with van der Waals surface area (Å²) in [5, 5.41) is 5.23. The van der Waals surface area contributed by atoms with Crippen molar-refractivity contribution in [3.8, 4) is 0 Å². The van der Waals surface area contributed by atoms with Gasteiger partial charge in [-0.15, -0.1) is 0 Å². The van der Waals surface area contributed by atoms with Gasteiger partial charge in [0.1, 0.15) is 12.6 Å². The van der Waals surface area contributed by atoms with E-state index in [1.54, 1.807) is 31.2 Å². The summed E-state index contributed by atoms with van der Waals surface area (Å²) in [5.41, 5.74) is 1.24. The van der Waals surface area contributed by atoms with Gasteiger partial charge in [-0.25, -0.2) is 0 Å². The molecule has 0 aromatic heterocycles. The van der Waals surface area contributed by atoms with Gasteiger partial charge in [0.2, 0.25) is 17.7 Å². The van der Waals surface area contributed by atoms with Gasteiger partial charge in [0, 0.05) is 6.92 Å². The summed E-state index contributed by atoms with van der Waals surface area (Å²) in [5.74, 6) is -0.838. The van der Waals surface area contributed by atoms with Crippen LogP contribution >= 0.6 is 0 Å². The third kappa shape index (κ3) is 2.73. The van der Waals surface area contributed by atoms with E-state index in [1.807, 2.05) is 0 Å². The van der Waals surface area contributed by atoms with Crippen molar-refractivity contribution in [3.63, 3.8) is 0 Å². The van der Waals surface area contributed by atoms with Crippen LogP contribution in [0.2, 0.25) is 0 Å². The minimum atomic E-state index is -0.670. The van der Waals surface area contributed by atoms with Crippen LogP contribution in [0, 0.1) is 0 Å². The number of nitrogens with zero attached hydrogens (tertiary/aromatic N) is 1. The summed E-state index contributed by atoms with van der Waals surface area (Å²) >= 11 is 0.